The molecule has 0 aromatic heterocycles. The molecule has 0 radical (unpaired) electrons. The van der Waals surface area contributed by atoms with E-state index in [0.29, 0.717) is 0 Å². The standard InChI is InChI=1S/C12H22BrNO2/c13-11-9-7-5-3-1-2-4-6-8-10-12(11)14(15)16/h11-12H,1-10H2. The second kappa shape index (κ2) is 8.04. The van der Waals surface area contributed by atoms with Crippen molar-refractivity contribution < 1.29 is 4.92 Å². The molecule has 0 N–H and O–H groups in total. The monoisotopic (exact) mass is 291 g/mol. The molecule has 1 fully saturated rings. The lowest BCUT2D eigenvalue weighted by atomic mass is 9.98. The number of hydrogen-bond donors (Lipinski definition) is 0. The van der Waals surface area contributed by atoms with Crippen LogP contribution in [0, 0.1) is 10.1 Å². The molecule has 2 atom stereocenters. The predicted octanol–water partition coefficient (Wildman–Crippen LogP) is 4.31. The highest BCUT2D eigenvalue weighted by atomic mass is 79.9. The summed E-state index contributed by atoms with van der Waals surface area (Å²) in [7, 11) is 0. The molecule has 16 heavy (non-hydrogen) atoms. The third kappa shape index (κ3) is 5.28. The normalized spacial score (nSPS) is 30.1. The van der Waals surface area contributed by atoms with Crippen LogP contribution in [0.25, 0.3) is 0 Å². The Hall–Kier alpha value is -0.120. The zero-order valence-electron chi connectivity index (χ0n) is 9.87. The lowest BCUT2D eigenvalue weighted by molar-refractivity contribution is -0.522. The summed E-state index contributed by atoms with van der Waals surface area (Å²) >= 11 is 3.50. The summed E-state index contributed by atoms with van der Waals surface area (Å²) in [6, 6.07) is -0.376. The number of nitrogens with zero attached hydrogens (tertiary/aromatic N) is 1. The molecule has 0 spiro atoms. The summed E-state index contributed by atoms with van der Waals surface area (Å²) in [4.78, 5) is 10.9. The molecule has 1 aliphatic rings. The summed E-state index contributed by atoms with van der Waals surface area (Å²) in [5, 5.41) is 11.0. The van der Waals surface area contributed by atoms with Gasteiger partial charge in [-0.05, 0) is 12.8 Å². The smallest absolute Gasteiger partial charge is 0.225 e. The molecule has 94 valence electrons. The molecule has 0 aromatic rings. The number of alkyl halides is 1. The zero-order chi connectivity index (χ0) is 11.8. The van der Waals surface area contributed by atoms with Crippen molar-refractivity contribution in [3.8, 4) is 0 Å². The van der Waals surface area contributed by atoms with Gasteiger partial charge < -0.3 is 0 Å². The Balaban J connectivity index is 2.43. The van der Waals surface area contributed by atoms with Gasteiger partial charge in [-0.1, -0.05) is 60.9 Å². The number of rotatable bonds is 1. The van der Waals surface area contributed by atoms with Crippen molar-refractivity contribution in [1.29, 1.82) is 0 Å². The Bertz CT molecular complexity index is 211. The third-order valence-corrected chi connectivity index (χ3v) is 4.49. The van der Waals surface area contributed by atoms with Gasteiger partial charge in [-0.25, -0.2) is 0 Å². The minimum atomic E-state index is -0.376. The second-order valence-electron chi connectivity index (χ2n) is 4.77. The van der Waals surface area contributed by atoms with Gasteiger partial charge in [0, 0.05) is 11.3 Å². The molecule has 0 bridgehead atoms. The molecule has 1 aliphatic carbocycles. The Kier molecular flexibility index (Phi) is 7.01. The van der Waals surface area contributed by atoms with Crippen molar-refractivity contribution in [2.75, 3.05) is 0 Å². The maximum atomic E-state index is 11.0. The molecule has 1 rings (SSSR count). The van der Waals surface area contributed by atoms with E-state index < -0.39 is 0 Å². The first-order valence-electron chi connectivity index (χ1n) is 6.49. The molecular formula is C12H22BrNO2. The highest BCUT2D eigenvalue weighted by Crippen LogP contribution is 2.23. The fourth-order valence-electron chi connectivity index (χ4n) is 2.36. The van der Waals surface area contributed by atoms with E-state index in [0.717, 1.165) is 32.1 Å². The maximum Gasteiger partial charge on any atom is 0.225 e. The van der Waals surface area contributed by atoms with Crippen molar-refractivity contribution in [3.05, 3.63) is 10.1 Å². The van der Waals surface area contributed by atoms with Crippen molar-refractivity contribution in [2.24, 2.45) is 0 Å². The van der Waals surface area contributed by atoms with Crippen molar-refractivity contribution >= 4 is 15.9 Å². The lowest BCUT2D eigenvalue weighted by Gasteiger charge is -2.16. The summed E-state index contributed by atoms with van der Waals surface area (Å²) in [6.45, 7) is 0. The van der Waals surface area contributed by atoms with Gasteiger partial charge in [-0.15, -0.1) is 0 Å². The maximum absolute atomic E-state index is 11.0. The average Bonchev–Trinajstić information content (AvgIpc) is 2.22. The van der Waals surface area contributed by atoms with Crippen LogP contribution in [0.2, 0.25) is 0 Å². The molecule has 0 amide bonds. The summed E-state index contributed by atoms with van der Waals surface area (Å²) in [5.74, 6) is 0. The first-order valence-corrected chi connectivity index (χ1v) is 7.41. The molecule has 1 saturated carbocycles. The number of halogens is 1. The molecule has 2 unspecified atom stereocenters. The molecule has 3 nitrogen and oxygen atoms in total. The van der Waals surface area contributed by atoms with E-state index in [2.05, 4.69) is 15.9 Å². The highest BCUT2D eigenvalue weighted by molar-refractivity contribution is 9.09. The Morgan fingerprint density at radius 2 is 1.31 bits per heavy atom. The van der Waals surface area contributed by atoms with Crippen LogP contribution in [0.3, 0.4) is 0 Å². The fourth-order valence-corrected chi connectivity index (χ4v) is 3.15. The second-order valence-corrected chi connectivity index (χ2v) is 5.95. The summed E-state index contributed by atoms with van der Waals surface area (Å²) in [6.07, 6.45) is 11.4. The van der Waals surface area contributed by atoms with E-state index >= 15 is 0 Å². The predicted molar refractivity (Wildman–Crippen MR) is 69.7 cm³/mol. The van der Waals surface area contributed by atoms with Gasteiger partial charge in [0.1, 0.15) is 0 Å². The first kappa shape index (κ1) is 13.9. The van der Waals surface area contributed by atoms with Crippen molar-refractivity contribution in [2.45, 2.75) is 75.1 Å². The van der Waals surface area contributed by atoms with E-state index in [1.165, 1.54) is 32.1 Å². The Labute approximate surface area is 106 Å². The van der Waals surface area contributed by atoms with Gasteiger partial charge in [0.25, 0.3) is 0 Å². The van der Waals surface area contributed by atoms with Crippen LogP contribution in [-0.2, 0) is 0 Å². The molecule has 4 heteroatoms. The van der Waals surface area contributed by atoms with Crippen molar-refractivity contribution in [1.82, 2.24) is 0 Å². The highest BCUT2D eigenvalue weighted by Gasteiger charge is 2.28. The quantitative estimate of drug-likeness (QED) is 0.410. The van der Waals surface area contributed by atoms with Crippen LogP contribution >= 0.6 is 15.9 Å². The molecule has 0 saturated heterocycles. The zero-order valence-corrected chi connectivity index (χ0v) is 11.5. The Morgan fingerprint density at radius 1 is 0.875 bits per heavy atom. The van der Waals surface area contributed by atoms with Gasteiger partial charge in [0.2, 0.25) is 6.04 Å². The van der Waals surface area contributed by atoms with Gasteiger partial charge >= 0.3 is 0 Å². The molecule has 0 aliphatic heterocycles. The molecular weight excluding hydrogens is 270 g/mol. The summed E-state index contributed by atoms with van der Waals surface area (Å²) < 4.78 is 0. The fraction of sp³-hybridized carbons (Fsp3) is 1.00. The van der Waals surface area contributed by atoms with Crippen LogP contribution in [0.1, 0.15) is 64.2 Å². The van der Waals surface area contributed by atoms with E-state index in [4.69, 9.17) is 0 Å². The number of hydrogen-bond acceptors (Lipinski definition) is 2. The van der Waals surface area contributed by atoms with Crippen LogP contribution in [-0.4, -0.2) is 15.8 Å². The Morgan fingerprint density at radius 3 is 1.81 bits per heavy atom. The minimum Gasteiger partial charge on any atom is -0.264 e. The van der Waals surface area contributed by atoms with E-state index in [1.54, 1.807) is 0 Å². The van der Waals surface area contributed by atoms with E-state index in [9.17, 15) is 10.1 Å². The van der Waals surface area contributed by atoms with Gasteiger partial charge in [0.05, 0.1) is 4.83 Å². The molecule has 0 aromatic carbocycles. The average molecular weight is 292 g/mol. The van der Waals surface area contributed by atoms with Crippen molar-refractivity contribution in [3.63, 3.8) is 0 Å². The number of nitro groups is 1. The third-order valence-electron chi connectivity index (χ3n) is 3.42. The van der Waals surface area contributed by atoms with Gasteiger partial charge in [-0.2, -0.15) is 0 Å². The SMILES string of the molecule is O=[N+]([O-])C1CCCCCCCCCCC1Br. The van der Waals surface area contributed by atoms with Gasteiger partial charge in [0.15, 0.2) is 0 Å². The van der Waals surface area contributed by atoms with Crippen LogP contribution in [0.15, 0.2) is 0 Å². The topological polar surface area (TPSA) is 43.1 Å². The van der Waals surface area contributed by atoms with E-state index in [1.807, 2.05) is 0 Å². The minimum absolute atomic E-state index is 0.0712. The first-order chi connectivity index (χ1) is 7.72. The van der Waals surface area contributed by atoms with Crippen LogP contribution in [0.5, 0.6) is 0 Å². The lowest BCUT2D eigenvalue weighted by Crippen LogP contribution is -2.29. The van der Waals surface area contributed by atoms with Gasteiger partial charge in [-0.3, -0.25) is 10.1 Å². The van der Waals surface area contributed by atoms with Crippen LogP contribution in [0.4, 0.5) is 0 Å². The largest absolute Gasteiger partial charge is 0.264 e. The van der Waals surface area contributed by atoms with Crippen LogP contribution < -0.4 is 0 Å². The van der Waals surface area contributed by atoms with E-state index in [-0.39, 0.29) is 15.8 Å². The summed E-state index contributed by atoms with van der Waals surface area (Å²) in [5.41, 5.74) is 0. The molecule has 0 heterocycles.